The molecule has 0 radical (unpaired) electrons. The highest BCUT2D eigenvalue weighted by Crippen LogP contribution is 2.24. The summed E-state index contributed by atoms with van der Waals surface area (Å²) in [4.78, 5) is 11.3. The topological polar surface area (TPSA) is 38.3 Å². The van der Waals surface area contributed by atoms with Gasteiger partial charge in [-0.3, -0.25) is 4.79 Å². The lowest BCUT2D eigenvalue weighted by molar-refractivity contribution is -0.147. The molecule has 0 spiro atoms. The lowest BCUT2D eigenvalue weighted by atomic mass is 9.83. The van der Waals surface area contributed by atoms with Crippen LogP contribution >= 0.6 is 0 Å². The number of nitrogens with one attached hydrogen (secondary N) is 1. The molecule has 0 aromatic carbocycles. The molecule has 0 amide bonds. The Kier molecular flexibility index (Phi) is 3.72. The van der Waals surface area contributed by atoms with Crippen LogP contribution in [0.15, 0.2) is 0 Å². The summed E-state index contributed by atoms with van der Waals surface area (Å²) in [6.07, 6.45) is 2.16. The summed E-state index contributed by atoms with van der Waals surface area (Å²) in [6.45, 7) is 5.15. The second-order valence-corrected chi connectivity index (χ2v) is 3.95. The number of carbonyl (C=O) groups is 1. The number of methoxy groups -OCH3 is 1. The van der Waals surface area contributed by atoms with Crippen molar-refractivity contribution >= 4 is 5.97 Å². The lowest BCUT2D eigenvalue weighted by Crippen LogP contribution is -2.39. The summed E-state index contributed by atoms with van der Waals surface area (Å²) in [5.74, 6) is 0.470. The Morgan fingerprint density at radius 2 is 2.31 bits per heavy atom. The van der Waals surface area contributed by atoms with E-state index < -0.39 is 0 Å². The maximum absolute atomic E-state index is 11.3. The normalized spacial score (nSPS) is 31.0. The molecule has 0 bridgehead atoms. The van der Waals surface area contributed by atoms with Gasteiger partial charge in [-0.15, -0.1) is 0 Å². The van der Waals surface area contributed by atoms with Crippen molar-refractivity contribution in [1.29, 1.82) is 0 Å². The average Bonchev–Trinajstić information content (AvgIpc) is 2.15. The van der Waals surface area contributed by atoms with E-state index in [1.165, 1.54) is 7.11 Å². The van der Waals surface area contributed by atoms with Crippen LogP contribution in [-0.2, 0) is 9.53 Å². The maximum Gasteiger partial charge on any atom is 0.308 e. The van der Waals surface area contributed by atoms with Crippen molar-refractivity contribution in [2.45, 2.75) is 32.7 Å². The standard InChI is InChI=1S/C10H19NO2/c1-7-6-9(4-5-11-7)8(2)10(12)13-3/h7-9,11H,4-6H2,1-3H3. The first kappa shape index (κ1) is 10.5. The first-order valence-electron chi connectivity index (χ1n) is 4.96. The largest absolute Gasteiger partial charge is 0.469 e. The number of rotatable bonds is 2. The first-order valence-corrected chi connectivity index (χ1v) is 4.96. The molecule has 1 rings (SSSR count). The molecule has 0 aromatic heterocycles. The van der Waals surface area contributed by atoms with Crippen LogP contribution in [0.3, 0.4) is 0 Å². The molecule has 76 valence electrons. The highest BCUT2D eigenvalue weighted by Gasteiger charge is 2.28. The zero-order valence-electron chi connectivity index (χ0n) is 8.67. The van der Waals surface area contributed by atoms with Crippen LogP contribution in [0.5, 0.6) is 0 Å². The number of hydrogen-bond acceptors (Lipinski definition) is 3. The van der Waals surface area contributed by atoms with Gasteiger partial charge >= 0.3 is 5.97 Å². The molecule has 3 heteroatoms. The minimum absolute atomic E-state index is 0.0505. The molecule has 1 heterocycles. The van der Waals surface area contributed by atoms with Gasteiger partial charge in [0.25, 0.3) is 0 Å². The Morgan fingerprint density at radius 3 is 2.85 bits per heavy atom. The summed E-state index contributed by atoms with van der Waals surface area (Å²) >= 11 is 0. The van der Waals surface area contributed by atoms with Gasteiger partial charge in [-0.2, -0.15) is 0 Å². The summed E-state index contributed by atoms with van der Waals surface area (Å²) in [7, 11) is 1.46. The molecule has 13 heavy (non-hydrogen) atoms. The summed E-state index contributed by atoms with van der Waals surface area (Å²) in [5.41, 5.74) is 0. The van der Waals surface area contributed by atoms with Crippen molar-refractivity contribution < 1.29 is 9.53 Å². The van der Waals surface area contributed by atoms with Gasteiger partial charge < -0.3 is 10.1 Å². The molecule has 1 N–H and O–H groups in total. The average molecular weight is 185 g/mol. The quantitative estimate of drug-likeness (QED) is 0.657. The molecule has 3 unspecified atom stereocenters. The Morgan fingerprint density at radius 1 is 1.62 bits per heavy atom. The zero-order valence-corrected chi connectivity index (χ0v) is 8.67. The van der Waals surface area contributed by atoms with Crippen LogP contribution in [-0.4, -0.2) is 25.7 Å². The fourth-order valence-electron chi connectivity index (χ4n) is 2.00. The third-order valence-corrected chi connectivity index (χ3v) is 2.94. The second-order valence-electron chi connectivity index (χ2n) is 3.95. The van der Waals surface area contributed by atoms with Gasteiger partial charge in [0.1, 0.15) is 0 Å². The van der Waals surface area contributed by atoms with Crippen LogP contribution in [0.25, 0.3) is 0 Å². The highest BCUT2D eigenvalue weighted by molar-refractivity contribution is 5.72. The SMILES string of the molecule is COC(=O)C(C)C1CCNC(C)C1. The van der Waals surface area contributed by atoms with Crippen molar-refractivity contribution in [3.05, 3.63) is 0 Å². The van der Waals surface area contributed by atoms with E-state index in [0.29, 0.717) is 12.0 Å². The highest BCUT2D eigenvalue weighted by atomic mass is 16.5. The molecular formula is C10H19NO2. The number of esters is 1. The number of ether oxygens (including phenoxy) is 1. The van der Waals surface area contributed by atoms with Gasteiger partial charge in [0.2, 0.25) is 0 Å². The van der Waals surface area contributed by atoms with E-state index in [1.807, 2.05) is 6.92 Å². The predicted octanol–water partition coefficient (Wildman–Crippen LogP) is 1.18. The second kappa shape index (κ2) is 4.61. The van der Waals surface area contributed by atoms with Gasteiger partial charge in [-0.1, -0.05) is 6.92 Å². The van der Waals surface area contributed by atoms with Crippen LogP contribution in [0, 0.1) is 11.8 Å². The van der Waals surface area contributed by atoms with Gasteiger partial charge in [-0.05, 0) is 32.2 Å². The van der Waals surface area contributed by atoms with E-state index >= 15 is 0 Å². The summed E-state index contributed by atoms with van der Waals surface area (Å²) in [5, 5.41) is 3.37. The molecular weight excluding hydrogens is 166 g/mol. The zero-order chi connectivity index (χ0) is 9.84. The Labute approximate surface area is 79.8 Å². The van der Waals surface area contributed by atoms with E-state index in [-0.39, 0.29) is 11.9 Å². The van der Waals surface area contributed by atoms with Crippen LogP contribution in [0.4, 0.5) is 0 Å². The van der Waals surface area contributed by atoms with Gasteiger partial charge in [0.05, 0.1) is 13.0 Å². The summed E-state index contributed by atoms with van der Waals surface area (Å²) < 4.78 is 4.74. The van der Waals surface area contributed by atoms with Crippen molar-refractivity contribution in [2.24, 2.45) is 11.8 Å². The van der Waals surface area contributed by atoms with Crippen molar-refractivity contribution in [3.8, 4) is 0 Å². The van der Waals surface area contributed by atoms with Crippen molar-refractivity contribution in [3.63, 3.8) is 0 Å². The smallest absolute Gasteiger partial charge is 0.308 e. The molecule has 1 aliphatic heterocycles. The number of hydrogen-bond donors (Lipinski definition) is 1. The Hall–Kier alpha value is -0.570. The van der Waals surface area contributed by atoms with Crippen LogP contribution < -0.4 is 5.32 Å². The molecule has 3 atom stereocenters. The molecule has 0 aromatic rings. The Balaban J connectivity index is 2.45. The fourth-order valence-corrected chi connectivity index (χ4v) is 2.00. The van der Waals surface area contributed by atoms with E-state index in [4.69, 9.17) is 4.74 Å². The molecule has 1 aliphatic rings. The Bertz CT molecular complexity index is 182. The minimum Gasteiger partial charge on any atom is -0.469 e. The van der Waals surface area contributed by atoms with Gasteiger partial charge in [0, 0.05) is 6.04 Å². The molecule has 0 aliphatic carbocycles. The maximum atomic E-state index is 11.3. The van der Waals surface area contributed by atoms with E-state index in [2.05, 4.69) is 12.2 Å². The molecule has 1 fully saturated rings. The third-order valence-electron chi connectivity index (χ3n) is 2.94. The molecule has 3 nitrogen and oxygen atoms in total. The minimum atomic E-state index is -0.0703. The summed E-state index contributed by atoms with van der Waals surface area (Å²) in [6, 6.07) is 0.533. The predicted molar refractivity (Wildman–Crippen MR) is 51.4 cm³/mol. The van der Waals surface area contributed by atoms with Crippen LogP contribution in [0.2, 0.25) is 0 Å². The van der Waals surface area contributed by atoms with Crippen molar-refractivity contribution in [2.75, 3.05) is 13.7 Å². The molecule has 0 saturated carbocycles. The van der Waals surface area contributed by atoms with Gasteiger partial charge in [0.15, 0.2) is 0 Å². The van der Waals surface area contributed by atoms with E-state index in [0.717, 1.165) is 19.4 Å². The molecule has 1 saturated heterocycles. The van der Waals surface area contributed by atoms with Crippen molar-refractivity contribution in [1.82, 2.24) is 5.32 Å². The van der Waals surface area contributed by atoms with E-state index in [9.17, 15) is 4.79 Å². The number of piperidine rings is 1. The lowest BCUT2D eigenvalue weighted by Gasteiger charge is -2.30. The van der Waals surface area contributed by atoms with Gasteiger partial charge in [-0.25, -0.2) is 0 Å². The third kappa shape index (κ3) is 2.69. The first-order chi connectivity index (χ1) is 6.15. The van der Waals surface area contributed by atoms with Crippen LogP contribution in [0.1, 0.15) is 26.7 Å². The van der Waals surface area contributed by atoms with E-state index in [1.54, 1.807) is 0 Å². The monoisotopic (exact) mass is 185 g/mol. The number of carbonyl (C=O) groups excluding carboxylic acids is 1. The fraction of sp³-hybridized carbons (Fsp3) is 0.900.